The maximum absolute atomic E-state index is 11.9. The van der Waals surface area contributed by atoms with Crippen LogP contribution in [0.15, 0.2) is 0 Å². The summed E-state index contributed by atoms with van der Waals surface area (Å²) in [6.45, 7) is 3.25. The molecule has 2 saturated heterocycles. The molecule has 1 unspecified atom stereocenters. The molecule has 94 valence electrons. The van der Waals surface area contributed by atoms with Gasteiger partial charge in [0.15, 0.2) is 0 Å². The summed E-state index contributed by atoms with van der Waals surface area (Å²) >= 11 is 0. The predicted octanol–water partition coefficient (Wildman–Crippen LogP) is 0.987. The molecule has 2 aliphatic heterocycles. The van der Waals surface area contributed by atoms with Crippen LogP contribution in [-0.2, 0) is 14.3 Å². The summed E-state index contributed by atoms with van der Waals surface area (Å²) < 4.78 is 10.3. The molecule has 0 radical (unpaired) electrons. The Balaban J connectivity index is 0.00000128. The van der Waals surface area contributed by atoms with Crippen molar-refractivity contribution < 1.29 is 14.3 Å². The normalized spacial score (nSPS) is 30.8. The van der Waals surface area contributed by atoms with Crippen LogP contribution in [0.3, 0.4) is 0 Å². The molecule has 1 atom stereocenters. The van der Waals surface area contributed by atoms with Crippen molar-refractivity contribution >= 4 is 18.4 Å². The fraction of sp³-hybridized carbons (Fsp3) is 0.909. The maximum Gasteiger partial charge on any atom is 0.313 e. The number of methoxy groups -OCH3 is 1. The standard InChI is InChI=1S/C11H19NO3.ClH/c1-14-10(13)11(4-5-12-8-11)9-2-6-15-7-3-9;/h9,12H,2-8H2,1H3;1H. The third kappa shape index (κ3) is 2.34. The molecule has 2 heterocycles. The molecule has 0 spiro atoms. The third-order valence-electron chi connectivity index (χ3n) is 3.78. The first-order valence-corrected chi connectivity index (χ1v) is 5.66. The third-order valence-corrected chi connectivity index (χ3v) is 3.78. The Labute approximate surface area is 102 Å². The van der Waals surface area contributed by atoms with E-state index in [0.717, 1.165) is 45.6 Å². The average Bonchev–Trinajstić information content (AvgIpc) is 2.79. The Bertz CT molecular complexity index is 235. The van der Waals surface area contributed by atoms with Gasteiger partial charge in [-0.2, -0.15) is 0 Å². The van der Waals surface area contributed by atoms with Gasteiger partial charge in [0.25, 0.3) is 0 Å². The highest BCUT2D eigenvalue weighted by atomic mass is 35.5. The highest BCUT2D eigenvalue weighted by molar-refractivity contribution is 5.85. The van der Waals surface area contributed by atoms with Gasteiger partial charge in [-0.1, -0.05) is 0 Å². The van der Waals surface area contributed by atoms with Crippen molar-refractivity contribution in [2.75, 3.05) is 33.4 Å². The van der Waals surface area contributed by atoms with Crippen LogP contribution in [0.25, 0.3) is 0 Å². The van der Waals surface area contributed by atoms with Gasteiger partial charge in [0, 0.05) is 19.8 Å². The molecule has 0 bridgehead atoms. The summed E-state index contributed by atoms with van der Waals surface area (Å²) in [6.07, 6.45) is 2.87. The molecule has 0 amide bonds. The molecule has 1 N–H and O–H groups in total. The molecule has 5 heteroatoms. The summed E-state index contributed by atoms with van der Waals surface area (Å²) in [5.74, 6) is 0.383. The second-order valence-electron chi connectivity index (χ2n) is 4.46. The van der Waals surface area contributed by atoms with E-state index in [2.05, 4.69) is 5.32 Å². The zero-order valence-electron chi connectivity index (χ0n) is 9.66. The van der Waals surface area contributed by atoms with E-state index >= 15 is 0 Å². The zero-order chi connectivity index (χ0) is 10.7. The summed E-state index contributed by atoms with van der Waals surface area (Å²) in [5.41, 5.74) is -0.279. The number of nitrogens with one attached hydrogen (secondary N) is 1. The first kappa shape index (κ1) is 13.7. The van der Waals surface area contributed by atoms with Crippen LogP contribution in [-0.4, -0.2) is 39.4 Å². The minimum absolute atomic E-state index is 0. The van der Waals surface area contributed by atoms with Gasteiger partial charge in [-0.25, -0.2) is 0 Å². The fourth-order valence-corrected chi connectivity index (χ4v) is 2.85. The molecule has 0 saturated carbocycles. The van der Waals surface area contributed by atoms with Crippen LogP contribution >= 0.6 is 12.4 Å². The van der Waals surface area contributed by atoms with Crippen molar-refractivity contribution in [3.05, 3.63) is 0 Å². The monoisotopic (exact) mass is 249 g/mol. The van der Waals surface area contributed by atoms with Gasteiger partial charge in [-0.15, -0.1) is 12.4 Å². The Morgan fingerprint density at radius 2 is 2.12 bits per heavy atom. The van der Waals surface area contributed by atoms with E-state index in [1.807, 2.05) is 0 Å². The Hall–Kier alpha value is -0.320. The quantitative estimate of drug-likeness (QED) is 0.742. The lowest BCUT2D eigenvalue weighted by Crippen LogP contribution is -2.43. The molecule has 2 aliphatic rings. The van der Waals surface area contributed by atoms with E-state index in [1.165, 1.54) is 7.11 Å². The van der Waals surface area contributed by atoms with Crippen molar-refractivity contribution in [1.29, 1.82) is 0 Å². The first-order chi connectivity index (χ1) is 7.29. The van der Waals surface area contributed by atoms with Gasteiger partial charge < -0.3 is 14.8 Å². The minimum atomic E-state index is -0.279. The highest BCUT2D eigenvalue weighted by Crippen LogP contribution is 2.40. The van der Waals surface area contributed by atoms with Gasteiger partial charge in [0.05, 0.1) is 12.5 Å². The molecule has 16 heavy (non-hydrogen) atoms. The van der Waals surface area contributed by atoms with Crippen LogP contribution in [0.2, 0.25) is 0 Å². The van der Waals surface area contributed by atoms with E-state index < -0.39 is 0 Å². The number of hydrogen-bond acceptors (Lipinski definition) is 4. The molecule has 0 aromatic carbocycles. The Morgan fingerprint density at radius 3 is 2.62 bits per heavy atom. The van der Waals surface area contributed by atoms with Crippen LogP contribution in [0.1, 0.15) is 19.3 Å². The molecular formula is C11H20ClNO3. The summed E-state index contributed by atoms with van der Waals surface area (Å²) in [4.78, 5) is 11.9. The first-order valence-electron chi connectivity index (χ1n) is 5.66. The van der Waals surface area contributed by atoms with Crippen LogP contribution < -0.4 is 5.32 Å². The number of halogens is 1. The van der Waals surface area contributed by atoms with E-state index in [1.54, 1.807) is 0 Å². The van der Waals surface area contributed by atoms with Gasteiger partial charge in [-0.3, -0.25) is 4.79 Å². The van der Waals surface area contributed by atoms with Crippen molar-refractivity contribution in [2.24, 2.45) is 11.3 Å². The summed E-state index contributed by atoms with van der Waals surface area (Å²) in [5, 5.41) is 3.28. The highest BCUT2D eigenvalue weighted by Gasteiger charge is 2.48. The second kappa shape index (κ2) is 5.84. The average molecular weight is 250 g/mol. The molecular weight excluding hydrogens is 230 g/mol. The summed E-state index contributed by atoms with van der Waals surface area (Å²) in [7, 11) is 1.49. The van der Waals surface area contributed by atoms with E-state index in [-0.39, 0.29) is 23.8 Å². The molecule has 0 aliphatic carbocycles. The van der Waals surface area contributed by atoms with E-state index in [9.17, 15) is 4.79 Å². The smallest absolute Gasteiger partial charge is 0.313 e. The van der Waals surface area contributed by atoms with Gasteiger partial charge in [0.1, 0.15) is 0 Å². The molecule has 0 aromatic heterocycles. The van der Waals surface area contributed by atoms with Gasteiger partial charge in [-0.05, 0) is 31.7 Å². The van der Waals surface area contributed by atoms with Crippen molar-refractivity contribution in [3.8, 4) is 0 Å². The number of ether oxygens (including phenoxy) is 2. The predicted molar refractivity (Wildman–Crippen MR) is 62.7 cm³/mol. The van der Waals surface area contributed by atoms with E-state index in [4.69, 9.17) is 9.47 Å². The van der Waals surface area contributed by atoms with Crippen LogP contribution in [0.4, 0.5) is 0 Å². The molecule has 2 rings (SSSR count). The number of esters is 1. The largest absolute Gasteiger partial charge is 0.469 e. The summed E-state index contributed by atoms with van der Waals surface area (Å²) in [6, 6.07) is 0. The zero-order valence-corrected chi connectivity index (χ0v) is 10.5. The maximum atomic E-state index is 11.9. The number of carbonyl (C=O) groups is 1. The lowest BCUT2D eigenvalue weighted by atomic mass is 9.71. The van der Waals surface area contributed by atoms with Crippen molar-refractivity contribution in [2.45, 2.75) is 19.3 Å². The van der Waals surface area contributed by atoms with Crippen LogP contribution in [0.5, 0.6) is 0 Å². The van der Waals surface area contributed by atoms with Crippen molar-refractivity contribution in [3.63, 3.8) is 0 Å². The Kier molecular flexibility index (Phi) is 5.02. The second-order valence-corrected chi connectivity index (χ2v) is 4.46. The fourth-order valence-electron chi connectivity index (χ4n) is 2.85. The number of carbonyl (C=O) groups excluding carboxylic acids is 1. The lowest BCUT2D eigenvalue weighted by Gasteiger charge is -2.36. The molecule has 4 nitrogen and oxygen atoms in total. The number of hydrogen-bond donors (Lipinski definition) is 1. The minimum Gasteiger partial charge on any atom is -0.469 e. The topological polar surface area (TPSA) is 47.6 Å². The van der Waals surface area contributed by atoms with E-state index in [0.29, 0.717) is 5.92 Å². The molecule has 2 fully saturated rings. The Morgan fingerprint density at radius 1 is 1.44 bits per heavy atom. The molecule has 0 aromatic rings. The van der Waals surface area contributed by atoms with Crippen molar-refractivity contribution in [1.82, 2.24) is 5.32 Å². The van der Waals surface area contributed by atoms with Gasteiger partial charge >= 0.3 is 5.97 Å². The number of rotatable bonds is 2. The van der Waals surface area contributed by atoms with Gasteiger partial charge in [0.2, 0.25) is 0 Å². The lowest BCUT2D eigenvalue weighted by molar-refractivity contribution is -0.157. The van der Waals surface area contributed by atoms with Crippen LogP contribution in [0, 0.1) is 11.3 Å². The SMILES string of the molecule is COC(=O)C1(C2CCOCC2)CCNC1.Cl.